The average molecular weight is 148 g/mol. The lowest BCUT2D eigenvalue weighted by Gasteiger charge is -2.41. The van der Waals surface area contributed by atoms with Crippen molar-refractivity contribution in [2.45, 2.75) is 19.3 Å². The molecule has 9 heavy (non-hydrogen) atoms. The second-order valence-corrected chi connectivity index (χ2v) is 3.30. The smallest absolute Gasteiger partial charge is 0.0841 e. The summed E-state index contributed by atoms with van der Waals surface area (Å²) in [6.45, 7) is 6.00. The molecule has 0 N–H and O–H groups in total. The van der Waals surface area contributed by atoms with Crippen LogP contribution in [0.3, 0.4) is 0 Å². The maximum Gasteiger partial charge on any atom is 0.0841 e. The summed E-state index contributed by atoms with van der Waals surface area (Å²) in [6, 6.07) is 0. The van der Waals surface area contributed by atoms with E-state index >= 15 is 0 Å². The normalized spacial score (nSPS) is 29.3. The lowest BCUT2D eigenvalue weighted by molar-refractivity contribution is -0.952. The van der Waals surface area contributed by atoms with Gasteiger partial charge in [0, 0.05) is 19.3 Å². The molecule has 0 aromatic rings. The Morgan fingerprint density at radius 3 is 1.33 bits per heavy atom. The van der Waals surface area contributed by atoms with Gasteiger partial charge in [-0.3, -0.25) is 0 Å². The first-order valence-electron chi connectivity index (χ1n) is 3.76. The molecule has 1 nitrogen and oxygen atoms in total. The van der Waals surface area contributed by atoms with E-state index in [9.17, 15) is 0 Å². The second-order valence-electron chi connectivity index (χ2n) is 3.30. The quantitative estimate of drug-likeness (QED) is 0.348. The lowest BCUT2D eigenvalue weighted by atomic mass is 10.1. The van der Waals surface area contributed by atoms with E-state index in [1.54, 1.807) is 0 Å². The summed E-state index contributed by atoms with van der Waals surface area (Å²) < 4.78 is 1.50. The van der Waals surface area contributed by atoms with E-state index < -0.39 is 0 Å². The molecule has 0 atom stereocenters. The zero-order valence-electron chi connectivity index (χ0n) is 5.77. The number of halogens is 1. The van der Waals surface area contributed by atoms with E-state index in [2.05, 4.69) is 0 Å². The summed E-state index contributed by atoms with van der Waals surface area (Å²) in [4.78, 5) is 0. The summed E-state index contributed by atoms with van der Waals surface area (Å²) in [5, 5.41) is 0. The first-order chi connectivity index (χ1) is 3.91. The van der Waals surface area contributed by atoms with Crippen molar-refractivity contribution in [2.75, 3.05) is 26.2 Å². The minimum absolute atomic E-state index is 0. The van der Waals surface area contributed by atoms with Crippen LogP contribution in [-0.2, 0) is 0 Å². The van der Waals surface area contributed by atoms with Crippen LogP contribution in [0.5, 0.6) is 0 Å². The number of hydrogen-bond donors (Lipinski definition) is 0. The molecule has 0 radical (unpaired) electrons. The highest BCUT2D eigenvalue weighted by atomic mass is 35.5. The third kappa shape index (κ3) is 1.08. The molecule has 2 heteroatoms. The minimum atomic E-state index is 0. The first kappa shape index (κ1) is 7.36. The summed E-state index contributed by atoms with van der Waals surface area (Å²) in [5.41, 5.74) is 0. The van der Waals surface area contributed by atoms with Gasteiger partial charge >= 0.3 is 0 Å². The van der Waals surface area contributed by atoms with Crippen LogP contribution in [0.15, 0.2) is 0 Å². The van der Waals surface area contributed by atoms with Crippen molar-refractivity contribution in [3.05, 3.63) is 0 Å². The van der Waals surface area contributed by atoms with Gasteiger partial charge in [-0.1, -0.05) is 0 Å². The minimum Gasteiger partial charge on any atom is -1.00 e. The van der Waals surface area contributed by atoms with Crippen LogP contribution in [-0.4, -0.2) is 30.7 Å². The predicted octanol–water partition coefficient (Wildman–Crippen LogP) is -2.00. The van der Waals surface area contributed by atoms with Crippen molar-refractivity contribution < 1.29 is 16.9 Å². The van der Waals surface area contributed by atoms with Crippen molar-refractivity contribution in [3.63, 3.8) is 0 Å². The Morgan fingerprint density at radius 1 is 0.667 bits per heavy atom. The number of quaternary nitrogens is 1. The highest BCUT2D eigenvalue weighted by Gasteiger charge is 2.37. The molecule has 2 aliphatic heterocycles. The van der Waals surface area contributed by atoms with Crippen molar-refractivity contribution in [3.8, 4) is 0 Å². The standard InChI is InChI=1S/C7H14N.ClH/c1-2-5-8(4-1)6-3-7-8;/h1-7H2;1H/q+1;/p-1. The zero-order chi connectivity index (χ0) is 5.45. The molecule has 0 amide bonds. The Morgan fingerprint density at radius 2 is 1.11 bits per heavy atom. The van der Waals surface area contributed by atoms with Gasteiger partial charge in [-0.15, -0.1) is 0 Å². The van der Waals surface area contributed by atoms with E-state index in [-0.39, 0.29) is 12.4 Å². The molecule has 0 saturated carbocycles. The highest BCUT2D eigenvalue weighted by Crippen LogP contribution is 2.26. The van der Waals surface area contributed by atoms with Crippen LogP contribution in [0, 0.1) is 0 Å². The molecule has 2 aliphatic rings. The molecule has 2 saturated heterocycles. The van der Waals surface area contributed by atoms with Crippen LogP contribution < -0.4 is 12.4 Å². The molecular weight excluding hydrogens is 134 g/mol. The van der Waals surface area contributed by atoms with Crippen molar-refractivity contribution in [1.29, 1.82) is 0 Å². The monoisotopic (exact) mass is 147 g/mol. The van der Waals surface area contributed by atoms with Gasteiger partial charge in [-0.05, 0) is 0 Å². The molecule has 2 fully saturated rings. The molecular formula is C7H14ClN. The van der Waals surface area contributed by atoms with Gasteiger partial charge in [0.05, 0.1) is 26.2 Å². The van der Waals surface area contributed by atoms with Crippen LogP contribution in [0.4, 0.5) is 0 Å². The van der Waals surface area contributed by atoms with Crippen LogP contribution in [0.1, 0.15) is 19.3 Å². The molecule has 2 heterocycles. The summed E-state index contributed by atoms with van der Waals surface area (Å²) in [6.07, 6.45) is 4.50. The number of hydrogen-bond acceptors (Lipinski definition) is 0. The van der Waals surface area contributed by atoms with Gasteiger partial charge in [0.1, 0.15) is 0 Å². The summed E-state index contributed by atoms with van der Waals surface area (Å²) in [7, 11) is 0. The van der Waals surface area contributed by atoms with Crippen molar-refractivity contribution >= 4 is 0 Å². The molecule has 0 unspecified atom stereocenters. The fraction of sp³-hybridized carbons (Fsp3) is 1.00. The van der Waals surface area contributed by atoms with E-state index in [4.69, 9.17) is 0 Å². The third-order valence-corrected chi connectivity index (χ3v) is 2.78. The fourth-order valence-electron chi connectivity index (χ4n) is 2.06. The molecule has 0 aromatic carbocycles. The zero-order valence-corrected chi connectivity index (χ0v) is 6.53. The van der Waals surface area contributed by atoms with Gasteiger partial charge in [0.15, 0.2) is 0 Å². The van der Waals surface area contributed by atoms with Gasteiger partial charge in [0.2, 0.25) is 0 Å². The Labute approximate surface area is 63.0 Å². The predicted molar refractivity (Wildman–Crippen MR) is 33.6 cm³/mol. The van der Waals surface area contributed by atoms with Crippen molar-refractivity contribution in [1.82, 2.24) is 0 Å². The van der Waals surface area contributed by atoms with E-state index in [0.29, 0.717) is 0 Å². The maximum atomic E-state index is 1.50. The lowest BCUT2D eigenvalue weighted by Crippen LogP contribution is -3.00. The van der Waals surface area contributed by atoms with Crippen LogP contribution in [0.25, 0.3) is 0 Å². The third-order valence-electron chi connectivity index (χ3n) is 2.78. The van der Waals surface area contributed by atoms with Crippen LogP contribution in [0.2, 0.25) is 0 Å². The van der Waals surface area contributed by atoms with Crippen LogP contribution >= 0.6 is 0 Å². The fourth-order valence-corrected chi connectivity index (χ4v) is 2.06. The molecule has 54 valence electrons. The summed E-state index contributed by atoms with van der Waals surface area (Å²) in [5.74, 6) is 0. The maximum absolute atomic E-state index is 1.50. The topological polar surface area (TPSA) is 0 Å². The molecule has 0 aromatic heterocycles. The van der Waals surface area contributed by atoms with E-state index in [1.165, 1.54) is 49.9 Å². The van der Waals surface area contributed by atoms with Crippen molar-refractivity contribution in [2.24, 2.45) is 0 Å². The Bertz CT molecular complexity index is 91.1. The molecule has 1 spiro atoms. The number of nitrogens with zero attached hydrogens (tertiary/aromatic N) is 1. The largest absolute Gasteiger partial charge is 1.00 e. The van der Waals surface area contributed by atoms with Gasteiger partial charge in [-0.25, -0.2) is 0 Å². The molecule has 0 aliphatic carbocycles. The SMILES string of the molecule is C1CC[N+]2(C1)CCC2.[Cl-]. The van der Waals surface area contributed by atoms with Gasteiger partial charge in [0.25, 0.3) is 0 Å². The Kier molecular flexibility index (Phi) is 2.02. The molecule has 2 rings (SSSR count). The second kappa shape index (κ2) is 2.47. The average Bonchev–Trinajstić information content (AvgIpc) is 2.07. The van der Waals surface area contributed by atoms with Gasteiger partial charge < -0.3 is 16.9 Å². The number of rotatable bonds is 0. The Balaban J connectivity index is 0.000000405. The highest BCUT2D eigenvalue weighted by molar-refractivity contribution is 4.61. The van der Waals surface area contributed by atoms with Gasteiger partial charge in [-0.2, -0.15) is 0 Å². The molecule has 0 bridgehead atoms. The van der Waals surface area contributed by atoms with E-state index in [0.717, 1.165) is 0 Å². The Hall–Kier alpha value is 0.250. The first-order valence-corrected chi connectivity index (χ1v) is 3.76. The summed E-state index contributed by atoms with van der Waals surface area (Å²) >= 11 is 0. The van der Waals surface area contributed by atoms with E-state index in [1.807, 2.05) is 0 Å².